The Labute approximate surface area is 131 Å². The van der Waals surface area contributed by atoms with Gasteiger partial charge in [0.05, 0.1) is 6.61 Å². The number of esters is 1. The van der Waals surface area contributed by atoms with E-state index in [-0.39, 0.29) is 5.91 Å². The van der Waals surface area contributed by atoms with Crippen molar-refractivity contribution in [2.75, 3.05) is 13.2 Å². The zero-order chi connectivity index (χ0) is 18.3. The number of rotatable bonds is 9. The van der Waals surface area contributed by atoms with Crippen molar-refractivity contribution < 1.29 is 36.3 Å². The zero-order valence-electron chi connectivity index (χ0n) is 13.4. The number of amides is 1. The van der Waals surface area contributed by atoms with Crippen molar-refractivity contribution >= 4 is 11.9 Å². The van der Waals surface area contributed by atoms with Crippen LogP contribution in [0.15, 0.2) is 0 Å². The van der Waals surface area contributed by atoms with Crippen molar-refractivity contribution in [1.29, 1.82) is 0 Å². The molecule has 0 atom stereocenters. The van der Waals surface area contributed by atoms with Crippen LogP contribution in [0.5, 0.6) is 0 Å². The van der Waals surface area contributed by atoms with Crippen LogP contribution < -0.4 is 5.32 Å². The van der Waals surface area contributed by atoms with E-state index >= 15 is 0 Å². The third kappa shape index (κ3) is 10.1. The lowest BCUT2D eigenvalue weighted by Crippen LogP contribution is -2.39. The molecular weight excluding hydrogens is 325 g/mol. The molecular formula is C14H22F5NO3. The summed E-state index contributed by atoms with van der Waals surface area (Å²) in [5.74, 6) is -5.07. The Morgan fingerprint density at radius 3 is 2.13 bits per heavy atom. The highest BCUT2D eigenvalue weighted by Crippen LogP contribution is 2.34. The highest BCUT2D eigenvalue weighted by atomic mass is 19.4. The molecule has 1 N–H and O–H groups in total. The van der Waals surface area contributed by atoms with E-state index < -0.39 is 55.9 Å². The van der Waals surface area contributed by atoms with Gasteiger partial charge >= 0.3 is 12.1 Å². The van der Waals surface area contributed by atoms with Crippen LogP contribution in [0.25, 0.3) is 0 Å². The van der Waals surface area contributed by atoms with Crippen molar-refractivity contribution in [1.82, 2.24) is 5.32 Å². The molecule has 0 radical (unpaired) electrons. The van der Waals surface area contributed by atoms with Gasteiger partial charge in [-0.1, -0.05) is 20.8 Å². The predicted molar refractivity (Wildman–Crippen MR) is 72.9 cm³/mol. The van der Waals surface area contributed by atoms with E-state index in [1.807, 2.05) is 0 Å². The summed E-state index contributed by atoms with van der Waals surface area (Å²) in [6.07, 6.45) is -8.02. The highest BCUT2D eigenvalue weighted by molar-refractivity contribution is 5.85. The second kappa shape index (κ2) is 8.44. The van der Waals surface area contributed by atoms with Crippen LogP contribution in [0.2, 0.25) is 0 Å². The second-order valence-electron chi connectivity index (χ2n) is 5.89. The van der Waals surface area contributed by atoms with Gasteiger partial charge < -0.3 is 10.1 Å². The molecule has 0 saturated heterocycles. The van der Waals surface area contributed by atoms with Gasteiger partial charge in [-0.3, -0.25) is 9.59 Å². The van der Waals surface area contributed by atoms with E-state index in [1.54, 1.807) is 20.8 Å². The van der Waals surface area contributed by atoms with Gasteiger partial charge in [0.15, 0.2) is 0 Å². The summed E-state index contributed by atoms with van der Waals surface area (Å²) < 4.78 is 66.2. The molecule has 0 aliphatic heterocycles. The molecule has 0 spiro atoms. The fourth-order valence-corrected chi connectivity index (χ4v) is 1.50. The van der Waals surface area contributed by atoms with Gasteiger partial charge in [-0.15, -0.1) is 0 Å². The van der Waals surface area contributed by atoms with Gasteiger partial charge in [0.25, 0.3) is 5.92 Å². The Bertz CT molecular complexity index is 408. The summed E-state index contributed by atoms with van der Waals surface area (Å²) in [6.45, 7) is 4.34. The normalized spacial score (nSPS) is 12.9. The predicted octanol–water partition coefficient (Wildman–Crippen LogP) is 3.45. The number of carbonyl (C=O) groups is 2. The van der Waals surface area contributed by atoms with E-state index in [4.69, 9.17) is 0 Å². The van der Waals surface area contributed by atoms with E-state index in [0.29, 0.717) is 6.42 Å². The molecule has 0 aromatic carbocycles. The van der Waals surface area contributed by atoms with E-state index in [1.165, 1.54) is 0 Å². The van der Waals surface area contributed by atoms with Gasteiger partial charge in [0.2, 0.25) is 5.91 Å². The first-order valence-electron chi connectivity index (χ1n) is 7.17. The number of alkyl halides is 5. The van der Waals surface area contributed by atoms with Gasteiger partial charge in [-0.05, 0) is 12.8 Å². The molecule has 0 heterocycles. The average Bonchev–Trinajstić information content (AvgIpc) is 2.38. The highest BCUT2D eigenvalue weighted by Gasteiger charge is 2.42. The van der Waals surface area contributed by atoms with Crippen LogP contribution in [0, 0.1) is 5.41 Å². The minimum Gasteiger partial charge on any atom is -0.464 e. The van der Waals surface area contributed by atoms with E-state index in [2.05, 4.69) is 10.1 Å². The number of hydrogen-bond acceptors (Lipinski definition) is 3. The molecule has 0 bridgehead atoms. The Hall–Kier alpha value is -1.41. The van der Waals surface area contributed by atoms with Crippen LogP contribution in [0.4, 0.5) is 22.0 Å². The first-order valence-corrected chi connectivity index (χ1v) is 7.17. The zero-order valence-corrected chi connectivity index (χ0v) is 13.4. The van der Waals surface area contributed by atoms with Crippen molar-refractivity contribution in [3.05, 3.63) is 0 Å². The maximum atomic E-state index is 13.0. The smallest absolute Gasteiger partial charge is 0.394 e. The Morgan fingerprint density at radius 2 is 1.65 bits per heavy atom. The summed E-state index contributed by atoms with van der Waals surface area (Å²) in [4.78, 5) is 23.0. The molecule has 4 nitrogen and oxygen atoms in total. The summed E-state index contributed by atoms with van der Waals surface area (Å²) in [5, 5.41) is 2.35. The third-order valence-corrected chi connectivity index (χ3v) is 3.30. The SMILES string of the molecule is CCC(C)(C)C(=O)NCC(=O)OCCCC(F)(F)CC(F)(F)F. The number of carbonyl (C=O) groups excluding carboxylic acids is 2. The maximum absolute atomic E-state index is 13.0. The topological polar surface area (TPSA) is 55.4 Å². The van der Waals surface area contributed by atoms with Gasteiger partial charge in [-0.25, -0.2) is 8.78 Å². The monoisotopic (exact) mass is 347 g/mol. The number of nitrogens with one attached hydrogen (secondary N) is 1. The Balaban J connectivity index is 3.98. The van der Waals surface area contributed by atoms with Gasteiger partial charge in [-0.2, -0.15) is 13.2 Å². The molecule has 1 amide bonds. The summed E-state index contributed by atoms with van der Waals surface area (Å²) in [5.41, 5.74) is -0.653. The minimum atomic E-state index is -4.95. The van der Waals surface area contributed by atoms with Crippen LogP contribution >= 0.6 is 0 Å². The molecule has 23 heavy (non-hydrogen) atoms. The fourth-order valence-electron chi connectivity index (χ4n) is 1.50. The van der Waals surface area contributed by atoms with E-state index in [9.17, 15) is 31.5 Å². The van der Waals surface area contributed by atoms with E-state index in [0.717, 1.165) is 0 Å². The summed E-state index contributed by atoms with van der Waals surface area (Å²) >= 11 is 0. The Kier molecular flexibility index (Phi) is 7.93. The second-order valence-corrected chi connectivity index (χ2v) is 5.89. The maximum Gasteiger partial charge on any atom is 0.394 e. The van der Waals surface area contributed by atoms with Crippen LogP contribution in [-0.2, 0) is 14.3 Å². The molecule has 0 aliphatic carbocycles. The molecule has 0 fully saturated rings. The standard InChI is InChI=1S/C14H22F5NO3/c1-4-12(2,3)11(22)20-8-10(21)23-7-5-6-13(15,16)9-14(17,18)19/h4-9H2,1-3H3,(H,20,22). The summed E-state index contributed by atoms with van der Waals surface area (Å²) in [7, 11) is 0. The average molecular weight is 347 g/mol. The lowest BCUT2D eigenvalue weighted by molar-refractivity contribution is -0.190. The molecule has 9 heteroatoms. The first kappa shape index (κ1) is 21.6. The number of ether oxygens (including phenoxy) is 1. The lowest BCUT2D eigenvalue weighted by Gasteiger charge is -2.21. The quantitative estimate of drug-likeness (QED) is 0.395. The number of hydrogen-bond donors (Lipinski definition) is 1. The first-order chi connectivity index (χ1) is 10.3. The number of halogens is 5. The third-order valence-electron chi connectivity index (χ3n) is 3.30. The molecule has 0 aromatic heterocycles. The lowest BCUT2D eigenvalue weighted by atomic mass is 9.89. The minimum absolute atomic E-state index is 0.353. The van der Waals surface area contributed by atoms with Crippen molar-refractivity contribution in [2.45, 2.75) is 58.6 Å². The van der Waals surface area contributed by atoms with Crippen molar-refractivity contribution in [3.8, 4) is 0 Å². The molecule has 0 unspecified atom stereocenters. The van der Waals surface area contributed by atoms with Crippen LogP contribution in [0.3, 0.4) is 0 Å². The summed E-state index contributed by atoms with van der Waals surface area (Å²) in [6, 6.07) is 0. The van der Waals surface area contributed by atoms with Gasteiger partial charge in [0.1, 0.15) is 13.0 Å². The molecule has 0 aliphatic rings. The Morgan fingerprint density at radius 1 is 1.09 bits per heavy atom. The van der Waals surface area contributed by atoms with Crippen molar-refractivity contribution in [2.24, 2.45) is 5.41 Å². The van der Waals surface area contributed by atoms with Crippen LogP contribution in [0.1, 0.15) is 46.5 Å². The van der Waals surface area contributed by atoms with Crippen LogP contribution in [-0.4, -0.2) is 37.1 Å². The van der Waals surface area contributed by atoms with Crippen molar-refractivity contribution in [3.63, 3.8) is 0 Å². The van der Waals surface area contributed by atoms with Gasteiger partial charge in [0, 0.05) is 11.8 Å². The molecule has 0 rings (SSSR count). The molecule has 0 saturated carbocycles. The largest absolute Gasteiger partial charge is 0.464 e. The molecule has 0 aromatic rings. The fraction of sp³-hybridized carbons (Fsp3) is 0.857. The molecule has 136 valence electrons.